The number of nitrogens with zero attached hydrogens (tertiary/aromatic N) is 4. The minimum Gasteiger partial charge on any atom is -0.297 e. The van der Waals surface area contributed by atoms with Gasteiger partial charge in [0.05, 0.1) is 0 Å². The molecule has 3 rings (SSSR count). The van der Waals surface area contributed by atoms with Crippen LogP contribution in [-0.4, -0.2) is 28.2 Å². The van der Waals surface area contributed by atoms with Crippen molar-refractivity contribution in [1.29, 1.82) is 0 Å². The Balaban J connectivity index is 2.01. The van der Waals surface area contributed by atoms with Gasteiger partial charge in [-0.1, -0.05) is 0 Å². The predicted molar refractivity (Wildman–Crippen MR) is 68.4 cm³/mol. The lowest BCUT2D eigenvalue weighted by molar-refractivity contribution is 0.571. The van der Waals surface area contributed by atoms with E-state index in [2.05, 4.69) is 15.2 Å². The standard InChI is InChI=1S/C11H11ClN4O2S/c12-19(17,18)11-15-14-10(16(11)9-1-2-9)7-8-3-5-13-6-4-8/h3-6,9H,1-2,7H2. The predicted octanol–water partition coefficient (Wildman–Crippen LogP) is 1.53. The Labute approximate surface area is 114 Å². The van der Waals surface area contributed by atoms with E-state index in [-0.39, 0.29) is 11.2 Å². The summed E-state index contributed by atoms with van der Waals surface area (Å²) >= 11 is 0. The molecule has 0 bridgehead atoms. The van der Waals surface area contributed by atoms with Gasteiger partial charge in [0.15, 0.2) is 0 Å². The maximum absolute atomic E-state index is 11.5. The first-order valence-corrected chi connectivity index (χ1v) is 8.14. The van der Waals surface area contributed by atoms with E-state index in [1.165, 1.54) is 0 Å². The fourth-order valence-corrected chi connectivity index (χ4v) is 2.92. The van der Waals surface area contributed by atoms with Crippen LogP contribution in [0.25, 0.3) is 0 Å². The zero-order chi connectivity index (χ0) is 13.5. The van der Waals surface area contributed by atoms with Gasteiger partial charge in [0.2, 0.25) is 0 Å². The van der Waals surface area contributed by atoms with Gasteiger partial charge >= 0.3 is 0 Å². The summed E-state index contributed by atoms with van der Waals surface area (Å²) in [6.07, 6.45) is 5.75. The van der Waals surface area contributed by atoms with Crippen LogP contribution >= 0.6 is 10.7 Å². The molecule has 8 heteroatoms. The normalized spacial score (nSPS) is 15.6. The first-order valence-electron chi connectivity index (χ1n) is 5.83. The fraction of sp³-hybridized carbons (Fsp3) is 0.364. The molecule has 0 unspecified atom stereocenters. The molecule has 100 valence electrons. The van der Waals surface area contributed by atoms with Crippen molar-refractivity contribution >= 4 is 19.7 Å². The minimum absolute atomic E-state index is 0.148. The van der Waals surface area contributed by atoms with E-state index in [0.717, 1.165) is 18.4 Å². The molecular formula is C11H11ClN4O2S. The number of aromatic nitrogens is 4. The molecule has 0 spiro atoms. The van der Waals surface area contributed by atoms with Crippen molar-refractivity contribution in [2.24, 2.45) is 0 Å². The molecule has 2 aromatic heterocycles. The third-order valence-corrected chi connectivity index (χ3v) is 4.11. The van der Waals surface area contributed by atoms with E-state index in [4.69, 9.17) is 10.7 Å². The molecule has 6 nitrogen and oxygen atoms in total. The van der Waals surface area contributed by atoms with Crippen molar-refractivity contribution in [1.82, 2.24) is 19.7 Å². The van der Waals surface area contributed by atoms with Crippen LogP contribution in [0.15, 0.2) is 29.7 Å². The summed E-state index contributed by atoms with van der Waals surface area (Å²) in [5.74, 6) is 0.618. The van der Waals surface area contributed by atoms with E-state index in [1.54, 1.807) is 17.0 Å². The van der Waals surface area contributed by atoms with E-state index < -0.39 is 9.05 Å². The van der Waals surface area contributed by atoms with Gasteiger partial charge in [0.1, 0.15) is 5.82 Å². The Hall–Kier alpha value is -1.47. The van der Waals surface area contributed by atoms with E-state index in [0.29, 0.717) is 12.2 Å². The smallest absolute Gasteiger partial charge is 0.296 e. The number of hydrogen-bond acceptors (Lipinski definition) is 5. The second-order valence-corrected chi connectivity index (χ2v) is 6.93. The molecule has 0 amide bonds. The fourth-order valence-electron chi connectivity index (χ4n) is 1.98. The Morgan fingerprint density at radius 1 is 1.26 bits per heavy atom. The molecule has 19 heavy (non-hydrogen) atoms. The molecular weight excluding hydrogens is 288 g/mol. The van der Waals surface area contributed by atoms with Gasteiger partial charge in [-0.15, -0.1) is 10.2 Å². The second-order valence-electron chi connectivity index (χ2n) is 4.47. The van der Waals surface area contributed by atoms with E-state index in [1.807, 2.05) is 12.1 Å². The summed E-state index contributed by atoms with van der Waals surface area (Å²) in [6.45, 7) is 0. The molecule has 0 N–H and O–H groups in total. The average molecular weight is 299 g/mol. The highest BCUT2D eigenvalue weighted by atomic mass is 35.7. The van der Waals surface area contributed by atoms with Gasteiger partial charge in [0.25, 0.3) is 14.2 Å². The van der Waals surface area contributed by atoms with Crippen LogP contribution < -0.4 is 0 Å². The van der Waals surface area contributed by atoms with Crippen molar-refractivity contribution in [2.75, 3.05) is 0 Å². The molecule has 0 saturated heterocycles. The number of hydrogen-bond donors (Lipinski definition) is 0. The van der Waals surface area contributed by atoms with Crippen molar-refractivity contribution in [3.63, 3.8) is 0 Å². The summed E-state index contributed by atoms with van der Waals surface area (Å²) in [4.78, 5) is 3.94. The Morgan fingerprint density at radius 2 is 1.95 bits per heavy atom. The molecule has 0 radical (unpaired) electrons. The zero-order valence-corrected chi connectivity index (χ0v) is 11.5. The van der Waals surface area contributed by atoms with Gasteiger partial charge in [-0.05, 0) is 30.5 Å². The van der Waals surface area contributed by atoms with Crippen molar-refractivity contribution < 1.29 is 8.42 Å². The minimum atomic E-state index is -3.86. The molecule has 1 fully saturated rings. The molecule has 0 atom stereocenters. The Kier molecular flexibility index (Phi) is 3.02. The van der Waals surface area contributed by atoms with Gasteiger partial charge < -0.3 is 0 Å². The molecule has 1 aliphatic rings. The molecule has 2 heterocycles. The van der Waals surface area contributed by atoms with Gasteiger partial charge in [0, 0.05) is 35.5 Å². The largest absolute Gasteiger partial charge is 0.297 e. The lowest BCUT2D eigenvalue weighted by Crippen LogP contribution is -2.08. The van der Waals surface area contributed by atoms with Crippen LogP contribution in [-0.2, 0) is 15.5 Å². The summed E-state index contributed by atoms with van der Waals surface area (Å²) in [5.41, 5.74) is 1.00. The lowest BCUT2D eigenvalue weighted by atomic mass is 10.2. The first-order chi connectivity index (χ1) is 9.05. The molecule has 1 saturated carbocycles. The lowest BCUT2D eigenvalue weighted by Gasteiger charge is -2.06. The van der Waals surface area contributed by atoms with Gasteiger partial charge in [-0.3, -0.25) is 9.55 Å². The first kappa shape index (κ1) is 12.6. The third kappa shape index (κ3) is 2.62. The molecule has 1 aliphatic carbocycles. The monoisotopic (exact) mass is 298 g/mol. The van der Waals surface area contributed by atoms with Crippen LogP contribution in [0.1, 0.15) is 30.3 Å². The third-order valence-electron chi connectivity index (χ3n) is 2.98. The highest BCUT2D eigenvalue weighted by Crippen LogP contribution is 2.38. The van der Waals surface area contributed by atoms with Crippen LogP contribution in [0, 0.1) is 0 Å². The van der Waals surface area contributed by atoms with Crippen LogP contribution in [0.2, 0.25) is 0 Å². The number of pyridine rings is 1. The van der Waals surface area contributed by atoms with Crippen LogP contribution in [0.4, 0.5) is 0 Å². The Morgan fingerprint density at radius 3 is 2.53 bits per heavy atom. The zero-order valence-electron chi connectivity index (χ0n) is 9.90. The van der Waals surface area contributed by atoms with Gasteiger partial charge in [-0.25, -0.2) is 8.42 Å². The van der Waals surface area contributed by atoms with Crippen molar-refractivity contribution in [2.45, 2.75) is 30.5 Å². The summed E-state index contributed by atoms with van der Waals surface area (Å²) < 4.78 is 24.6. The summed E-state index contributed by atoms with van der Waals surface area (Å²) in [7, 11) is 1.53. The van der Waals surface area contributed by atoms with E-state index >= 15 is 0 Å². The molecule has 0 aromatic carbocycles. The highest BCUT2D eigenvalue weighted by molar-refractivity contribution is 8.13. The average Bonchev–Trinajstić information content (AvgIpc) is 3.11. The topological polar surface area (TPSA) is 77.7 Å². The quantitative estimate of drug-likeness (QED) is 0.800. The maximum Gasteiger partial charge on any atom is 0.296 e. The summed E-state index contributed by atoms with van der Waals surface area (Å²) in [6, 6.07) is 3.87. The van der Waals surface area contributed by atoms with Crippen molar-refractivity contribution in [3.05, 3.63) is 35.9 Å². The summed E-state index contributed by atoms with van der Waals surface area (Å²) in [5, 5.41) is 7.54. The van der Waals surface area contributed by atoms with Crippen LogP contribution in [0.5, 0.6) is 0 Å². The van der Waals surface area contributed by atoms with Crippen LogP contribution in [0.3, 0.4) is 0 Å². The van der Waals surface area contributed by atoms with Crippen molar-refractivity contribution in [3.8, 4) is 0 Å². The SMILES string of the molecule is O=S(=O)(Cl)c1nnc(Cc2ccncc2)n1C1CC1. The number of rotatable bonds is 4. The Bertz CT molecular complexity index is 695. The van der Waals surface area contributed by atoms with E-state index in [9.17, 15) is 8.42 Å². The van der Waals surface area contributed by atoms with Gasteiger partial charge in [-0.2, -0.15) is 0 Å². The molecule has 2 aromatic rings. The number of halogens is 1. The molecule has 0 aliphatic heterocycles. The second kappa shape index (κ2) is 4.57. The highest BCUT2D eigenvalue weighted by Gasteiger charge is 2.33. The maximum atomic E-state index is 11.5.